The van der Waals surface area contributed by atoms with Crippen molar-refractivity contribution < 1.29 is 18.4 Å². The van der Waals surface area contributed by atoms with E-state index in [2.05, 4.69) is 86.0 Å². The first-order valence-corrected chi connectivity index (χ1v) is 15.1. The van der Waals surface area contributed by atoms with Crippen LogP contribution in [0.4, 0.5) is 31.7 Å². The predicted octanol–water partition coefficient (Wildman–Crippen LogP) is 7.77. The Morgan fingerprint density at radius 3 is 1.98 bits per heavy atom. The van der Waals surface area contributed by atoms with Gasteiger partial charge in [-0.1, -0.05) is 47.5 Å². The van der Waals surface area contributed by atoms with Crippen molar-refractivity contribution in [1.82, 2.24) is 13.7 Å². The molecule has 2 aliphatic carbocycles. The Balaban J connectivity index is 1.24. The van der Waals surface area contributed by atoms with Gasteiger partial charge in [-0.05, 0) is 62.2 Å². The summed E-state index contributed by atoms with van der Waals surface area (Å²) in [6, 6.07) is 24.8. The molecule has 0 radical (unpaired) electrons. The summed E-state index contributed by atoms with van der Waals surface area (Å²) in [5, 5.41) is 0. The van der Waals surface area contributed by atoms with E-state index in [0.29, 0.717) is 11.0 Å². The van der Waals surface area contributed by atoms with Gasteiger partial charge in [-0.3, -0.25) is 9.59 Å². The second kappa shape index (κ2) is 11.1. The SMILES string of the molecule is Cc1ccc(N(c2ccc(C)cc2)c2ccc(-c3cnc(N=C4C(=O)C(=O)C5C(F)CC(F)CC45)c4nsnc34)cc2)cc1. The van der Waals surface area contributed by atoms with E-state index in [1.807, 2.05) is 24.3 Å². The Hall–Kier alpha value is -4.70. The number of fused-ring (bicyclic) bond motifs is 2. The summed E-state index contributed by atoms with van der Waals surface area (Å²) in [5.74, 6) is -3.71. The summed E-state index contributed by atoms with van der Waals surface area (Å²) < 4.78 is 37.6. The fourth-order valence-electron chi connectivity index (χ4n) is 6.16. The number of aromatic nitrogens is 3. The average Bonchev–Trinajstić information content (AvgIpc) is 3.60. The minimum absolute atomic E-state index is 0.104. The molecule has 7 nitrogen and oxygen atoms in total. The number of hydrogen-bond acceptors (Lipinski definition) is 8. The van der Waals surface area contributed by atoms with Gasteiger partial charge in [-0.15, -0.1) is 0 Å². The number of carbonyl (C=O) groups excluding carboxylic acids is 2. The number of nitrogens with zero attached hydrogens (tertiary/aromatic N) is 5. The maximum Gasteiger partial charge on any atom is 0.243 e. The minimum Gasteiger partial charge on any atom is -0.311 e. The second-order valence-electron chi connectivity index (χ2n) is 11.4. The van der Waals surface area contributed by atoms with Crippen LogP contribution in [0.2, 0.25) is 0 Å². The van der Waals surface area contributed by atoms with Crippen LogP contribution in [-0.2, 0) is 9.59 Å². The van der Waals surface area contributed by atoms with E-state index >= 15 is 0 Å². The van der Waals surface area contributed by atoms with Crippen LogP contribution < -0.4 is 4.90 Å². The quantitative estimate of drug-likeness (QED) is 0.190. The molecule has 0 spiro atoms. The molecule has 4 atom stereocenters. The third kappa shape index (κ3) is 4.89. The summed E-state index contributed by atoms with van der Waals surface area (Å²) >= 11 is 0.974. The van der Waals surface area contributed by atoms with Crippen LogP contribution in [0.5, 0.6) is 0 Å². The summed E-state index contributed by atoms with van der Waals surface area (Å²) in [7, 11) is 0. The van der Waals surface area contributed by atoms with E-state index in [4.69, 9.17) is 0 Å². The lowest BCUT2D eigenvalue weighted by Crippen LogP contribution is -2.36. The van der Waals surface area contributed by atoms with Gasteiger partial charge < -0.3 is 4.90 Å². The molecule has 0 amide bonds. The van der Waals surface area contributed by atoms with Crippen LogP contribution in [0.25, 0.3) is 22.2 Å². The zero-order valence-electron chi connectivity index (χ0n) is 23.9. The number of anilines is 3. The standard InChI is InChI=1S/C34H27F2N5O2S/c1-18-3-9-22(10-4-18)41(23-11-5-19(2)6-12-23)24-13-7-20(8-14-24)26-17-37-34(31-29(26)39-44-40-31)38-30-25-15-21(35)16-27(36)28(25)32(42)33(30)43/h3-14,17,21,25,27-28H,15-16H2,1-2H3. The Morgan fingerprint density at radius 1 is 0.795 bits per heavy atom. The number of aliphatic imine (C=N–C) groups is 1. The summed E-state index contributed by atoms with van der Waals surface area (Å²) in [5.41, 5.74) is 7.71. The van der Waals surface area contributed by atoms with Crippen LogP contribution in [0.1, 0.15) is 24.0 Å². The number of Topliss-reactive ketones (excluding diaryl/α,β-unsaturated/α-hetero) is 2. The molecule has 2 saturated carbocycles. The number of alkyl halides is 2. The van der Waals surface area contributed by atoms with Gasteiger partial charge in [0.2, 0.25) is 11.6 Å². The van der Waals surface area contributed by atoms with Crippen LogP contribution in [-0.4, -0.2) is 43.4 Å². The van der Waals surface area contributed by atoms with Crippen molar-refractivity contribution >= 4 is 62.9 Å². The van der Waals surface area contributed by atoms with Gasteiger partial charge >= 0.3 is 0 Å². The Morgan fingerprint density at radius 2 is 1.36 bits per heavy atom. The number of hydrogen-bond donors (Lipinski definition) is 0. The number of ketones is 2. The van der Waals surface area contributed by atoms with Crippen molar-refractivity contribution in [3.63, 3.8) is 0 Å². The molecule has 2 heterocycles. The summed E-state index contributed by atoms with van der Waals surface area (Å²) in [6.07, 6.45) is -2.05. The lowest BCUT2D eigenvalue weighted by Gasteiger charge is -2.28. The number of carbonyl (C=O) groups is 2. The molecule has 0 saturated heterocycles. The lowest BCUT2D eigenvalue weighted by atomic mass is 9.78. The molecule has 220 valence electrons. The highest BCUT2D eigenvalue weighted by Gasteiger charge is 2.54. The topological polar surface area (TPSA) is 88.4 Å². The number of aryl methyl sites for hydroxylation is 2. The van der Waals surface area contributed by atoms with Gasteiger partial charge in [0.1, 0.15) is 23.4 Å². The largest absolute Gasteiger partial charge is 0.311 e. The average molecular weight is 608 g/mol. The monoisotopic (exact) mass is 607 g/mol. The molecule has 0 aliphatic heterocycles. The van der Waals surface area contributed by atoms with Crippen molar-refractivity contribution in [3.8, 4) is 11.1 Å². The predicted molar refractivity (Wildman–Crippen MR) is 168 cm³/mol. The maximum atomic E-state index is 14.6. The highest BCUT2D eigenvalue weighted by molar-refractivity contribution is 7.00. The van der Waals surface area contributed by atoms with E-state index < -0.39 is 35.7 Å². The molecule has 2 aliphatic rings. The molecule has 44 heavy (non-hydrogen) atoms. The molecule has 3 aromatic carbocycles. The first-order chi connectivity index (χ1) is 21.3. The zero-order valence-corrected chi connectivity index (χ0v) is 24.8. The number of benzene rings is 3. The van der Waals surface area contributed by atoms with Gasteiger partial charge in [0.15, 0.2) is 5.82 Å². The van der Waals surface area contributed by atoms with Crippen LogP contribution in [0, 0.1) is 25.7 Å². The van der Waals surface area contributed by atoms with Gasteiger partial charge in [-0.2, -0.15) is 8.75 Å². The molecule has 4 unspecified atom stereocenters. The number of pyridine rings is 1. The zero-order chi connectivity index (χ0) is 30.5. The van der Waals surface area contributed by atoms with Crippen molar-refractivity contribution in [1.29, 1.82) is 0 Å². The first kappa shape index (κ1) is 28.1. The lowest BCUT2D eigenvalue weighted by molar-refractivity contribution is -0.136. The molecule has 5 aromatic rings. The van der Waals surface area contributed by atoms with Gasteiger partial charge in [0.05, 0.1) is 23.4 Å². The molecule has 0 N–H and O–H groups in total. The normalized spacial score (nSPS) is 22.5. The molecule has 2 aromatic heterocycles. The van der Waals surface area contributed by atoms with Crippen molar-refractivity contribution in [2.75, 3.05) is 4.90 Å². The summed E-state index contributed by atoms with van der Waals surface area (Å²) in [6.45, 7) is 4.12. The van der Waals surface area contributed by atoms with E-state index in [-0.39, 0.29) is 24.4 Å². The molecule has 7 rings (SSSR count). The minimum atomic E-state index is -1.71. The Kier molecular flexibility index (Phi) is 7.08. The molecular formula is C34H27F2N5O2S. The van der Waals surface area contributed by atoms with E-state index in [1.54, 1.807) is 6.20 Å². The van der Waals surface area contributed by atoms with Gasteiger partial charge in [0, 0.05) is 41.2 Å². The molecular weight excluding hydrogens is 580 g/mol. The Labute approximate surface area is 256 Å². The van der Waals surface area contributed by atoms with E-state index in [9.17, 15) is 18.4 Å². The van der Waals surface area contributed by atoms with Crippen LogP contribution in [0.3, 0.4) is 0 Å². The molecule has 0 bridgehead atoms. The highest BCUT2D eigenvalue weighted by Crippen LogP contribution is 2.42. The van der Waals surface area contributed by atoms with Gasteiger partial charge in [0.25, 0.3) is 0 Å². The van der Waals surface area contributed by atoms with E-state index in [0.717, 1.165) is 39.9 Å². The number of rotatable bonds is 5. The smallest absolute Gasteiger partial charge is 0.243 e. The maximum absolute atomic E-state index is 14.6. The third-order valence-electron chi connectivity index (χ3n) is 8.44. The molecule has 2 fully saturated rings. The van der Waals surface area contributed by atoms with Crippen molar-refractivity contribution in [2.45, 2.75) is 39.0 Å². The molecule has 10 heteroatoms. The Bertz CT molecular complexity index is 1880. The first-order valence-electron chi connectivity index (χ1n) is 14.4. The van der Waals surface area contributed by atoms with E-state index in [1.165, 1.54) is 11.1 Å². The fourth-order valence-corrected chi connectivity index (χ4v) is 6.72. The van der Waals surface area contributed by atoms with Crippen LogP contribution >= 0.6 is 11.7 Å². The second-order valence-corrected chi connectivity index (χ2v) is 11.9. The number of halogens is 2. The van der Waals surface area contributed by atoms with Gasteiger partial charge in [-0.25, -0.2) is 18.8 Å². The van der Waals surface area contributed by atoms with Crippen molar-refractivity contribution in [3.05, 3.63) is 90.1 Å². The summed E-state index contributed by atoms with van der Waals surface area (Å²) in [4.78, 5) is 36.4. The third-order valence-corrected chi connectivity index (χ3v) is 8.97. The van der Waals surface area contributed by atoms with Crippen molar-refractivity contribution in [2.24, 2.45) is 16.8 Å². The fraction of sp³-hybridized carbons (Fsp3) is 0.235. The highest BCUT2D eigenvalue weighted by atomic mass is 32.1. The van der Waals surface area contributed by atoms with Crippen LogP contribution in [0.15, 0.2) is 84.0 Å².